The van der Waals surface area contributed by atoms with Gasteiger partial charge in [-0.1, -0.05) is 26.0 Å². The summed E-state index contributed by atoms with van der Waals surface area (Å²) < 4.78 is 13.1. The van der Waals surface area contributed by atoms with E-state index in [1.54, 1.807) is 18.3 Å². The summed E-state index contributed by atoms with van der Waals surface area (Å²) in [6, 6.07) is 14.0. The van der Waals surface area contributed by atoms with Crippen molar-refractivity contribution >= 4 is 11.7 Å². The van der Waals surface area contributed by atoms with E-state index >= 15 is 0 Å². The van der Waals surface area contributed by atoms with Crippen molar-refractivity contribution in [1.29, 1.82) is 0 Å². The Morgan fingerprint density at radius 3 is 2.38 bits per heavy atom. The topological polar surface area (TPSA) is 79.8 Å². The van der Waals surface area contributed by atoms with Crippen LogP contribution in [-0.2, 0) is 16.8 Å². The molecule has 0 bridgehead atoms. The second kappa shape index (κ2) is 8.77. The van der Waals surface area contributed by atoms with Gasteiger partial charge in [0.2, 0.25) is 5.91 Å². The maximum absolute atomic E-state index is 13.1. The summed E-state index contributed by atoms with van der Waals surface area (Å²) in [6.45, 7) is 6.67. The molecule has 2 heterocycles. The van der Waals surface area contributed by atoms with Crippen molar-refractivity contribution < 1.29 is 9.18 Å². The van der Waals surface area contributed by atoms with E-state index in [9.17, 15) is 9.18 Å². The molecule has 3 rings (SSSR count). The molecule has 0 fully saturated rings. The summed E-state index contributed by atoms with van der Waals surface area (Å²) in [5.41, 5.74) is 3.19. The summed E-state index contributed by atoms with van der Waals surface area (Å²) in [6.07, 6.45) is 1.71. The minimum Gasteiger partial charge on any atom is -0.368 e. The Kier molecular flexibility index (Phi) is 6.16. The van der Waals surface area contributed by atoms with Gasteiger partial charge in [-0.25, -0.2) is 4.39 Å². The largest absolute Gasteiger partial charge is 0.368 e. The van der Waals surface area contributed by atoms with E-state index < -0.39 is 0 Å². The van der Waals surface area contributed by atoms with Crippen molar-refractivity contribution in [2.24, 2.45) is 0 Å². The van der Waals surface area contributed by atoms with Crippen molar-refractivity contribution in [2.75, 3.05) is 11.9 Å². The van der Waals surface area contributed by atoms with Crippen molar-refractivity contribution in [1.82, 2.24) is 20.5 Å². The third-order valence-electron chi connectivity index (χ3n) is 4.64. The third kappa shape index (κ3) is 5.57. The van der Waals surface area contributed by atoms with Crippen LogP contribution in [0.4, 0.5) is 10.2 Å². The minimum absolute atomic E-state index is 0.0903. The zero-order chi connectivity index (χ0) is 20.9. The van der Waals surface area contributed by atoms with Crippen molar-refractivity contribution in [2.45, 2.75) is 32.7 Å². The molecular formula is C22H24FN5O. The summed E-state index contributed by atoms with van der Waals surface area (Å²) >= 11 is 0. The number of nitrogens with one attached hydrogen (secondary N) is 2. The average Bonchev–Trinajstić information content (AvgIpc) is 2.72. The molecule has 0 unspecified atom stereocenters. The van der Waals surface area contributed by atoms with Crippen LogP contribution in [0.1, 0.15) is 32.0 Å². The van der Waals surface area contributed by atoms with Gasteiger partial charge in [0.15, 0.2) is 0 Å². The predicted octanol–water partition coefficient (Wildman–Crippen LogP) is 3.70. The summed E-state index contributed by atoms with van der Waals surface area (Å²) in [5.74, 6) is 0.336. The summed E-state index contributed by atoms with van der Waals surface area (Å²) in [4.78, 5) is 15.3. The van der Waals surface area contributed by atoms with Gasteiger partial charge in [-0.05, 0) is 42.0 Å². The van der Waals surface area contributed by atoms with Crippen molar-refractivity contribution in [3.05, 3.63) is 71.8 Å². The molecule has 0 saturated heterocycles. The van der Waals surface area contributed by atoms with E-state index in [2.05, 4.69) is 39.7 Å². The Hall–Kier alpha value is -3.35. The Morgan fingerprint density at radius 2 is 1.79 bits per heavy atom. The molecule has 0 aliphatic carbocycles. The first-order valence-electron chi connectivity index (χ1n) is 9.37. The van der Waals surface area contributed by atoms with Crippen LogP contribution in [0.15, 0.2) is 54.7 Å². The van der Waals surface area contributed by atoms with Gasteiger partial charge in [0.25, 0.3) is 0 Å². The molecule has 0 aliphatic rings. The molecule has 0 aliphatic heterocycles. The predicted molar refractivity (Wildman–Crippen MR) is 111 cm³/mol. The number of pyridine rings is 1. The number of carbonyl (C=O) groups is 1. The highest BCUT2D eigenvalue weighted by Gasteiger charge is 2.20. The molecule has 7 heteroatoms. The van der Waals surface area contributed by atoms with E-state index in [-0.39, 0.29) is 17.1 Å². The van der Waals surface area contributed by atoms with E-state index in [0.29, 0.717) is 24.6 Å². The highest BCUT2D eigenvalue weighted by Crippen LogP contribution is 2.24. The van der Waals surface area contributed by atoms with Gasteiger partial charge in [0, 0.05) is 30.6 Å². The van der Waals surface area contributed by atoms with E-state index in [0.717, 1.165) is 16.8 Å². The first-order chi connectivity index (χ1) is 13.8. The normalized spacial score (nSPS) is 11.2. The van der Waals surface area contributed by atoms with Crippen LogP contribution in [0.5, 0.6) is 0 Å². The van der Waals surface area contributed by atoms with Crippen molar-refractivity contribution in [3.8, 4) is 11.3 Å². The number of anilines is 1. The smallest absolute Gasteiger partial charge is 0.217 e. The van der Waals surface area contributed by atoms with Crippen LogP contribution in [0, 0.1) is 5.82 Å². The molecule has 3 aromatic rings. The second-order valence-electron chi connectivity index (χ2n) is 7.50. The van der Waals surface area contributed by atoms with Crippen LogP contribution >= 0.6 is 0 Å². The molecule has 0 saturated carbocycles. The zero-order valence-electron chi connectivity index (χ0n) is 16.7. The first kappa shape index (κ1) is 20.4. The highest BCUT2D eigenvalue weighted by molar-refractivity contribution is 5.72. The van der Waals surface area contributed by atoms with Gasteiger partial charge in [0.05, 0.1) is 17.9 Å². The number of rotatable bonds is 7. The Labute approximate surface area is 169 Å². The minimum atomic E-state index is -0.239. The maximum Gasteiger partial charge on any atom is 0.217 e. The van der Waals surface area contributed by atoms with Crippen LogP contribution in [-0.4, -0.2) is 27.6 Å². The van der Waals surface area contributed by atoms with Gasteiger partial charge >= 0.3 is 0 Å². The number of halogens is 1. The number of benzene rings is 1. The average molecular weight is 393 g/mol. The summed E-state index contributed by atoms with van der Waals surface area (Å²) in [7, 11) is 0. The fourth-order valence-electron chi connectivity index (χ4n) is 2.79. The van der Waals surface area contributed by atoms with Gasteiger partial charge in [-0.15, -0.1) is 10.2 Å². The number of hydrogen-bond acceptors (Lipinski definition) is 5. The van der Waals surface area contributed by atoms with Crippen LogP contribution in [0.3, 0.4) is 0 Å². The number of hydrogen-bond donors (Lipinski definition) is 2. The standard InChI is InChI=1S/C22H24FN5O/c1-15(29)24-13-19-9-4-16(12-25-19)20-10-11-21(28-27-20)26-14-22(2,3)17-5-7-18(23)8-6-17/h4-12H,13-14H2,1-3H3,(H,24,29)(H,26,28). The first-order valence-corrected chi connectivity index (χ1v) is 9.37. The van der Waals surface area contributed by atoms with Crippen LogP contribution in [0.2, 0.25) is 0 Å². The summed E-state index contributed by atoms with van der Waals surface area (Å²) in [5, 5.41) is 14.5. The molecular weight excluding hydrogens is 369 g/mol. The molecule has 2 aromatic heterocycles. The molecule has 2 N–H and O–H groups in total. The monoisotopic (exact) mass is 393 g/mol. The Balaban J connectivity index is 1.61. The van der Waals surface area contributed by atoms with Gasteiger partial charge in [-0.3, -0.25) is 9.78 Å². The second-order valence-corrected chi connectivity index (χ2v) is 7.50. The molecule has 1 aromatic carbocycles. The number of carbonyl (C=O) groups excluding carboxylic acids is 1. The maximum atomic E-state index is 13.1. The lowest BCUT2D eigenvalue weighted by Crippen LogP contribution is -2.28. The van der Waals surface area contributed by atoms with Gasteiger partial charge in [-0.2, -0.15) is 0 Å². The molecule has 1 amide bonds. The van der Waals surface area contributed by atoms with Crippen LogP contribution in [0.25, 0.3) is 11.3 Å². The molecule has 0 atom stereocenters. The van der Waals surface area contributed by atoms with Crippen molar-refractivity contribution in [3.63, 3.8) is 0 Å². The molecule has 150 valence electrons. The highest BCUT2D eigenvalue weighted by atomic mass is 19.1. The lowest BCUT2D eigenvalue weighted by Gasteiger charge is -2.25. The molecule has 0 radical (unpaired) electrons. The number of aromatic nitrogens is 3. The number of nitrogens with zero attached hydrogens (tertiary/aromatic N) is 3. The molecule has 0 spiro atoms. The van der Waals surface area contributed by atoms with Gasteiger partial charge < -0.3 is 10.6 Å². The van der Waals surface area contributed by atoms with Gasteiger partial charge in [0.1, 0.15) is 11.6 Å². The van der Waals surface area contributed by atoms with Crippen LogP contribution < -0.4 is 10.6 Å². The Bertz CT molecular complexity index is 954. The fourth-order valence-corrected chi connectivity index (χ4v) is 2.79. The molecule has 29 heavy (non-hydrogen) atoms. The van der Waals surface area contributed by atoms with E-state index in [1.165, 1.54) is 19.1 Å². The lowest BCUT2D eigenvalue weighted by molar-refractivity contribution is -0.119. The molecule has 6 nitrogen and oxygen atoms in total. The Morgan fingerprint density at radius 1 is 1.03 bits per heavy atom. The SMILES string of the molecule is CC(=O)NCc1ccc(-c2ccc(NCC(C)(C)c3ccc(F)cc3)nn2)cn1. The third-order valence-corrected chi connectivity index (χ3v) is 4.64. The number of amides is 1. The zero-order valence-corrected chi connectivity index (χ0v) is 16.7. The fraction of sp³-hybridized carbons (Fsp3) is 0.273. The van der Waals surface area contributed by atoms with E-state index in [1.807, 2.05) is 24.3 Å². The quantitative estimate of drug-likeness (QED) is 0.640. The lowest BCUT2D eigenvalue weighted by atomic mass is 9.84. The van der Waals surface area contributed by atoms with E-state index in [4.69, 9.17) is 0 Å².